The molecule has 1 atom stereocenters. The van der Waals surface area contributed by atoms with Crippen LogP contribution >= 0.6 is 0 Å². The molecule has 2 aliphatic heterocycles. The van der Waals surface area contributed by atoms with Crippen LogP contribution in [0.3, 0.4) is 0 Å². The van der Waals surface area contributed by atoms with Crippen molar-refractivity contribution in [1.29, 1.82) is 0 Å². The summed E-state index contributed by atoms with van der Waals surface area (Å²) in [6, 6.07) is -0.246. The van der Waals surface area contributed by atoms with E-state index in [2.05, 4.69) is 17.5 Å². The lowest BCUT2D eigenvalue weighted by Gasteiger charge is -2.26. The number of nitrogens with zero attached hydrogens (tertiary/aromatic N) is 2. The first-order valence-electron chi connectivity index (χ1n) is 11.7. The molecule has 2 fully saturated rings. The molecular formula is C23H37N3O4. The number of unbranched alkanes of at least 4 members (excludes halogenated alkanes) is 3. The van der Waals surface area contributed by atoms with Gasteiger partial charge in [0.05, 0.1) is 6.61 Å². The van der Waals surface area contributed by atoms with Gasteiger partial charge in [0.25, 0.3) is 5.91 Å². The zero-order valence-electron chi connectivity index (χ0n) is 18.4. The molecule has 0 spiro atoms. The maximum Gasteiger partial charge on any atom is 0.327 e. The molecule has 7 heteroatoms. The molecule has 1 aliphatic carbocycles. The molecule has 0 saturated carbocycles. The molecule has 30 heavy (non-hydrogen) atoms. The third-order valence-electron chi connectivity index (χ3n) is 5.92. The number of amides is 3. The van der Waals surface area contributed by atoms with Gasteiger partial charge in [-0.2, -0.15) is 0 Å². The Labute approximate surface area is 180 Å². The van der Waals surface area contributed by atoms with Crippen molar-refractivity contribution in [2.45, 2.75) is 70.8 Å². The summed E-state index contributed by atoms with van der Waals surface area (Å²) in [6.45, 7) is 6.34. The second-order valence-corrected chi connectivity index (χ2v) is 8.14. The standard InChI is InChI=1S/C23H37N3O4/c1-2-29-20-12-5-6-13-21(20)30-18-15-24-14-8-3-4-9-17-26-22(27)19-11-7-10-16-25(19)23(26)28/h12-13,19,24H,2-11,14-18H2,1H3. The van der Waals surface area contributed by atoms with Crippen molar-refractivity contribution in [2.24, 2.45) is 0 Å². The number of piperidine rings is 1. The van der Waals surface area contributed by atoms with Gasteiger partial charge in [0.15, 0.2) is 11.5 Å². The zero-order valence-corrected chi connectivity index (χ0v) is 18.4. The normalized spacial score (nSPS) is 21.4. The molecule has 1 N–H and O–H groups in total. The molecule has 7 nitrogen and oxygen atoms in total. The van der Waals surface area contributed by atoms with Gasteiger partial charge in [0, 0.05) is 19.6 Å². The van der Waals surface area contributed by atoms with E-state index in [0.717, 1.165) is 88.9 Å². The molecule has 168 valence electrons. The van der Waals surface area contributed by atoms with Crippen LogP contribution < -0.4 is 5.32 Å². The Bertz CT molecular complexity index is 622. The molecule has 0 aromatic heterocycles. The minimum atomic E-state index is -0.179. The van der Waals surface area contributed by atoms with Gasteiger partial charge in [-0.1, -0.05) is 12.8 Å². The van der Waals surface area contributed by atoms with Crippen molar-refractivity contribution in [3.63, 3.8) is 0 Å². The van der Waals surface area contributed by atoms with Gasteiger partial charge in [0.2, 0.25) is 0 Å². The minimum absolute atomic E-state index is 0.0248. The topological polar surface area (TPSA) is 71.1 Å². The minimum Gasteiger partial charge on any atom is -0.490 e. The van der Waals surface area contributed by atoms with Gasteiger partial charge in [-0.25, -0.2) is 4.79 Å². The highest BCUT2D eigenvalue weighted by atomic mass is 16.5. The number of allylic oxidation sites excluding steroid dienone is 2. The maximum atomic E-state index is 12.4. The average Bonchev–Trinajstić information content (AvgIpc) is 3.01. The van der Waals surface area contributed by atoms with E-state index in [1.54, 1.807) is 4.90 Å². The highest BCUT2D eigenvalue weighted by molar-refractivity contribution is 6.04. The number of hydrogen-bond donors (Lipinski definition) is 1. The van der Waals surface area contributed by atoms with Crippen LogP contribution in [0.25, 0.3) is 0 Å². The van der Waals surface area contributed by atoms with Crippen molar-refractivity contribution in [2.75, 3.05) is 39.4 Å². The van der Waals surface area contributed by atoms with Gasteiger partial charge in [-0.05, 0) is 70.6 Å². The Morgan fingerprint density at radius 1 is 1.00 bits per heavy atom. The van der Waals surface area contributed by atoms with E-state index in [0.29, 0.717) is 19.8 Å². The molecular weight excluding hydrogens is 382 g/mol. The van der Waals surface area contributed by atoms with E-state index in [4.69, 9.17) is 9.47 Å². The highest BCUT2D eigenvalue weighted by Crippen LogP contribution is 2.26. The zero-order chi connectivity index (χ0) is 21.2. The van der Waals surface area contributed by atoms with Gasteiger partial charge in [0.1, 0.15) is 12.6 Å². The monoisotopic (exact) mass is 419 g/mol. The Kier molecular flexibility index (Phi) is 9.05. The lowest BCUT2D eigenvalue weighted by atomic mass is 10.0. The summed E-state index contributed by atoms with van der Waals surface area (Å²) in [5, 5.41) is 3.41. The Hall–Kier alpha value is -2.02. The molecule has 3 amide bonds. The molecule has 1 unspecified atom stereocenters. The summed E-state index contributed by atoms with van der Waals surface area (Å²) in [4.78, 5) is 28.1. The first-order chi connectivity index (χ1) is 14.7. The fourth-order valence-electron chi connectivity index (χ4n) is 4.33. The number of carbonyl (C=O) groups is 2. The van der Waals surface area contributed by atoms with Crippen LogP contribution in [0.4, 0.5) is 4.79 Å². The van der Waals surface area contributed by atoms with E-state index in [9.17, 15) is 9.59 Å². The molecule has 0 radical (unpaired) electrons. The fourth-order valence-corrected chi connectivity index (χ4v) is 4.33. The van der Waals surface area contributed by atoms with Gasteiger partial charge in [-0.3, -0.25) is 9.69 Å². The smallest absolute Gasteiger partial charge is 0.327 e. The van der Waals surface area contributed by atoms with Crippen molar-refractivity contribution in [1.82, 2.24) is 15.1 Å². The van der Waals surface area contributed by atoms with Crippen LogP contribution in [-0.4, -0.2) is 67.2 Å². The lowest BCUT2D eigenvalue weighted by Crippen LogP contribution is -2.39. The summed E-state index contributed by atoms with van der Waals surface area (Å²) in [5.41, 5.74) is 0. The van der Waals surface area contributed by atoms with Gasteiger partial charge >= 0.3 is 6.03 Å². The molecule has 0 bridgehead atoms. The number of hydrogen-bond acceptors (Lipinski definition) is 5. The number of rotatable bonds is 13. The predicted molar refractivity (Wildman–Crippen MR) is 116 cm³/mol. The van der Waals surface area contributed by atoms with Crippen molar-refractivity contribution in [3.05, 3.63) is 23.7 Å². The van der Waals surface area contributed by atoms with Crippen LogP contribution in [0, 0.1) is 0 Å². The van der Waals surface area contributed by atoms with Crippen LogP contribution in [-0.2, 0) is 14.3 Å². The van der Waals surface area contributed by atoms with Gasteiger partial charge in [-0.15, -0.1) is 0 Å². The van der Waals surface area contributed by atoms with Crippen LogP contribution in [0.5, 0.6) is 0 Å². The van der Waals surface area contributed by atoms with E-state index >= 15 is 0 Å². The maximum absolute atomic E-state index is 12.4. The highest BCUT2D eigenvalue weighted by Gasteiger charge is 2.45. The summed E-state index contributed by atoms with van der Waals surface area (Å²) < 4.78 is 11.4. The van der Waals surface area contributed by atoms with Crippen molar-refractivity contribution in [3.8, 4) is 0 Å². The van der Waals surface area contributed by atoms with Crippen LogP contribution in [0.15, 0.2) is 23.7 Å². The number of imide groups is 1. The predicted octanol–water partition coefficient (Wildman–Crippen LogP) is 3.57. The average molecular weight is 420 g/mol. The van der Waals surface area contributed by atoms with E-state index < -0.39 is 0 Å². The quantitative estimate of drug-likeness (QED) is 0.365. The fraction of sp³-hybridized carbons (Fsp3) is 0.739. The summed E-state index contributed by atoms with van der Waals surface area (Å²) in [6.07, 6.45) is 13.2. The Balaban J connectivity index is 1.19. The third-order valence-corrected chi connectivity index (χ3v) is 5.92. The first-order valence-corrected chi connectivity index (χ1v) is 11.7. The second-order valence-electron chi connectivity index (χ2n) is 8.14. The van der Waals surface area contributed by atoms with E-state index in [1.165, 1.54) is 4.90 Å². The Morgan fingerprint density at radius 3 is 2.53 bits per heavy atom. The molecule has 0 aromatic rings. The molecule has 2 heterocycles. The second kappa shape index (κ2) is 12.0. The molecule has 2 saturated heterocycles. The lowest BCUT2D eigenvalue weighted by molar-refractivity contribution is -0.128. The van der Waals surface area contributed by atoms with Crippen molar-refractivity contribution < 1.29 is 19.1 Å². The molecule has 3 aliphatic rings. The summed E-state index contributed by atoms with van der Waals surface area (Å²) in [5.74, 6) is 1.76. The van der Waals surface area contributed by atoms with Crippen LogP contribution in [0.1, 0.15) is 64.7 Å². The van der Waals surface area contributed by atoms with E-state index in [-0.39, 0.29) is 18.0 Å². The number of carbonyl (C=O) groups excluding carboxylic acids is 2. The number of ether oxygens (including phenoxy) is 2. The largest absolute Gasteiger partial charge is 0.490 e. The van der Waals surface area contributed by atoms with Crippen LogP contribution in [0.2, 0.25) is 0 Å². The molecule has 0 aromatic carbocycles. The number of urea groups is 1. The summed E-state index contributed by atoms with van der Waals surface area (Å²) >= 11 is 0. The SMILES string of the molecule is CCOC1=CCCC=C1OCCNCCCCCCN1C(=O)C2CCCCN2C1=O. The Morgan fingerprint density at radius 2 is 1.77 bits per heavy atom. The third kappa shape index (κ3) is 6.00. The first kappa shape index (κ1) is 22.7. The number of nitrogens with one attached hydrogen (secondary N) is 1. The molecule has 3 rings (SSSR count). The number of fused-ring (bicyclic) bond motifs is 1. The van der Waals surface area contributed by atoms with E-state index in [1.807, 2.05) is 6.92 Å². The van der Waals surface area contributed by atoms with Gasteiger partial charge < -0.3 is 19.7 Å². The van der Waals surface area contributed by atoms with Crippen molar-refractivity contribution >= 4 is 11.9 Å². The summed E-state index contributed by atoms with van der Waals surface area (Å²) in [7, 11) is 0.